The molecule has 0 aromatic heterocycles. The summed E-state index contributed by atoms with van der Waals surface area (Å²) in [5.41, 5.74) is 2.22. The van der Waals surface area contributed by atoms with Crippen LogP contribution in [0.3, 0.4) is 0 Å². The number of carbonyl (C=O) groups excluding carboxylic acids is 1. The minimum atomic E-state index is 0.0423. The Labute approximate surface area is 213 Å². The van der Waals surface area contributed by atoms with Gasteiger partial charge in [0.25, 0.3) is 0 Å². The third kappa shape index (κ3) is 3.02. The highest BCUT2D eigenvalue weighted by Crippen LogP contribution is 2.37. The normalized spacial score (nSPS) is 12.1. The molecule has 0 heterocycles. The Morgan fingerprint density at radius 2 is 0.865 bits per heavy atom. The van der Waals surface area contributed by atoms with Gasteiger partial charge in [-0.2, -0.15) is 0 Å². The molecule has 0 aliphatic heterocycles. The van der Waals surface area contributed by atoms with E-state index in [0.29, 0.717) is 13.0 Å². The quantitative estimate of drug-likeness (QED) is 0.256. The topological polar surface area (TPSA) is 29.1 Å². The van der Waals surface area contributed by atoms with Crippen molar-refractivity contribution in [2.75, 3.05) is 0 Å². The van der Waals surface area contributed by atoms with Crippen LogP contribution in [0.4, 0.5) is 0 Å². The van der Waals surface area contributed by atoms with E-state index in [0.717, 1.165) is 11.1 Å². The van der Waals surface area contributed by atoms with Gasteiger partial charge in [0.2, 0.25) is 5.91 Å². The summed E-state index contributed by atoms with van der Waals surface area (Å²) >= 11 is 0. The zero-order valence-corrected chi connectivity index (χ0v) is 20.2. The van der Waals surface area contributed by atoms with Crippen LogP contribution in [-0.2, 0) is 17.8 Å². The average Bonchev–Trinajstić information content (AvgIpc) is 2.94. The van der Waals surface area contributed by atoms with Gasteiger partial charge in [0.05, 0.1) is 6.42 Å². The number of benzene rings is 8. The van der Waals surface area contributed by atoms with Gasteiger partial charge in [0.1, 0.15) is 0 Å². The van der Waals surface area contributed by atoms with Crippen molar-refractivity contribution in [2.45, 2.75) is 13.0 Å². The van der Waals surface area contributed by atoms with Crippen molar-refractivity contribution in [2.24, 2.45) is 0 Å². The fourth-order valence-electron chi connectivity index (χ4n) is 6.33. The minimum Gasteiger partial charge on any atom is -0.352 e. The van der Waals surface area contributed by atoms with Crippen LogP contribution in [0.15, 0.2) is 109 Å². The van der Waals surface area contributed by atoms with Crippen molar-refractivity contribution >= 4 is 70.5 Å². The number of hydrogen-bond acceptors (Lipinski definition) is 1. The minimum absolute atomic E-state index is 0.0423. The molecule has 0 fully saturated rings. The van der Waals surface area contributed by atoms with E-state index >= 15 is 0 Å². The molecule has 37 heavy (non-hydrogen) atoms. The third-order valence-electron chi connectivity index (χ3n) is 8.06. The molecule has 0 unspecified atom stereocenters. The van der Waals surface area contributed by atoms with Gasteiger partial charge in [-0.3, -0.25) is 4.79 Å². The van der Waals surface area contributed by atoms with Gasteiger partial charge in [0, 0.05) is 6.54 Å². The van der Waals surface area contributed by atoms with Gasteiger partial charge in [-0.25, -0.2) is 0 Å². The molecular formula is C35H23NO. The van der Waals surface area contributed by atoms with Crippen LogP contribution in [0.1, 0.15) is 11.1 Å². The van der Waals surface area contributed by atoms with Crippen LogP contribution in [0.2, 0.25) is 0 Å². The first-order chi connectivity index (χ1) is 18.2. The number of amides is 1. The lowest BCUT2D eigenvalue weighted by molar-refractivity contribution is -0.120. The molecule has 0 atom stereocenters. The Bertz CT molecular complexity index is 2110. The highest BCUT2D eigenvalue weighted by atomic mass is 16.1. The monoisotopic (exact) mass is 473 g/mol. The summed E-state index contributed by atoms with van der Waals surface area (Å²) in [5.74, 6) is 0.0423. The maximum atomic E-state index is 13.2. The van der Waals surface area contributed by atoms with Crippen LogP contribution in [0.5, 0.6) is 0 Å². The largest absolute Gasteiger partial charge is 0.352 e. The molecule has 2 nitrogen and oxygen atoms in total. The molecule has 1 amide bonds. The lowest BCUT2D eigenvalue weighted by atomic mass is 9.91. The smallest absolute Gasteiger partial charge is 0.224 e. The molecule has 0 bridgehead atoms. The Balaban J connectivity index is 1.14. The summed E-state index contributed by atoms with van der Waals surface area (Å²) < 4.78 is 0. The lowest BCUT2D eigenvalue weighted by Gasteiger charge is -2.15. The SMILES string of the molecule is O=C(Cc1ccc2ccc3cccc4ccc1c2c34)NCc1ccc2ccc3cccc4ccc1c2c34. The maximum Gasteiger partial charge on any atom is 0.224 e. The van der Waals surface area contributed by atoms with Crippen LogP contribution in [0.25, 0.3) is 64.6 Å². The van der Waals surface area contributed by atoms with Crippen molar-refractivity contribution in [3.63, 3.8) is 0 Å². The van der Waals surface area contributed by atoms with Crippen LogP contribution in [0, 0.1) is 0 Å². The summed E-state index contributed by atoms with van der Waals surface area (Å²) in [6, 6.07) is 39.0. The molecule has 2 heteroatoms. The molecular weight excluding hydrogens is 450 g/mol. The van der Waals surface area contributed by atoms with Crippen LogP contribution < -0.4 is 5.32 Å². The second kappa shape index (κ2) is 7.65. The van der Waals surface area contributed by atoms with Crippen molar-refractivity contribution in [1.82, 2.24) is 5.32 Å². The second-order valence-corrected chi connectivity index (χ2v) is 10.1. The summed E-state index contributed by atoms with van der Waals surface area (Å²) in [6.45, 7) is 0.513. The molecule has 0 spiro atoms. The van der Waals surface area contributed by atoms with E-state index in [1.165, 1.54) is 64.6 Å². The first-order valence-corrected chi connectivity index (χ1v) is 12.8. The summed E-state index contributed by atoms with van der Waals surface area (Å²) in [5, 5.41) is 18.2. The highest BCUT2D eigenvalue weighted by molar-refractivity contribution is 6.24. The summed E-state index contributed by atoms with van der Waals surface area (Å²) in [6.07, 6.45) is 0.361. The number of rotatable bonds is 4. The van der Waals surface area contributed by atoms with E-state index in [9.17, 15) is 4.79 Å². The van der Waals surface area contributed by atoms with E-state index in [1.54, 1.807) is 0 Å². The molecule has 1 N–H and O–H groups in total. The summed E-state index contributed by atoms with van der Waals surface area (Å²) in [7, 11) is 0. The number of nitrogens with one attached hydrogen (secondary N) is 1. The van der Waals surface area contributed by atoms with Gasteiger partial charge in [-0.05, 0) is 75.8 Å². The highest BCUT2D eigenvalue weighted by Gasteiger charge is 2.14. The third-order valence-corrected chi connectivity index (χ3v) is 8.06. The van der Waals surface area contributed by atoms with E-state index in [4.69, 9.17) is 0 Å². The molecule has 174 valence electrons. The zero-order valence-electron chi connectivity index (χ0n) is 20.2. The fraction of sp³-hybridized carbons (Fsp3) is 0.0571. The van der Waals surface area contributed by atoms with E-state index in [1.807, 2.05) is 0 Å². The predicted octanol–water partition coefficient (Wildman–Crippen LogP) is 8.34. The standard InChI is InChI=1S/C35H23NO/c37-31(19-27-13-11-25-9-7-21-3-1-5-23-15-17-29(27)34(25)32(21)23)36-20-28-14-12-26-10-8-22-4-2-6-24-16-18-30(28)35(26)33(22)24/h1-18H,19-20H2,(H,36,37). The number of carbonyl (C=O) groups is 1. The van der Waals surface area contributed by atoms with Gasteiger partial charge in [0.15, 0.2) is 0 Å². The molecule has 8 rings (SSSR count). The molecule has 8 aromatic rings. The second-order valence-electron chi connectivity index (χ2n) is 10.1. The molecule has 0 radical (unpaired) electrons. The Kier molecular flexibility index (Phi) is 4.24. The van der Waals surface area contributed by atoms with Gasteiger partial charge in [-0.15, -0.1) is 0 Å². The van der Waals surface area contributed by atoms with Crippen LogP contribution >= 0.6 is 0 Å². The zero-order chi connectivity index (χ0) is 24.5. The summed E-state index contributed by atoms with van der Waals surface area (Å²) in [4.78, 5) is 13.2. The van der Waals surface area contributed by atoms with Crippen LogP contribution in [-0.4, -0.2) is 5.91 Å². The van der Waals surface area contributed by atoms with E-state index in [2.05, 4.69) is 115 Å². The van der Waals surface area contributed by atoms with Gasteiger partial charge in [-0.1, -0.05) is 109 Å². The first-order valence-electron chi connectivity index (χ1n) is 12.8. The maximum absolute atomic E-state index is 13.2. The van der Waals surface area contributed by atoms with Crippen molar-refractivity contribution in [1.29, 1.82) is 0 Å². The molecule has 0 aliphatic rings. The number of hydrogen-bond donors (Lipinski definition) is 1. The molecule has 0 saturated heterocycles. The molecule has 0 aliphatic carbocycles. The van der Waals surface area contributed by atoms with Crippen molar-refractivity contribution in [3.8, 4) is 0 Å². The lowest BCUT2D eigenvalue weighted by Crippen LogP contribution is -2.24. The van der Waals surface area contributed by atoms with E-state index in [-0.39, 0.29) is 5.91 Å². The van der Waals surface area contributed by atoms with E-state index < -0.39 is 0 Å². The fourth-order valence-corrected chi connectivity index (χ4v) is 6.33. The predicted molar refractivity (Wildman–Crippen MR) is 156 cm³/mol. The molecule has 8 aromatic carbocycles. The van der Waals surface area contributed by atoms with Gasteiger partial charge < -0.3 is 5.32 Å². The Hall–Kier alpha value is -4.69. The van der Waals surface area contributed by atoms with Crippen molar-refractivity contribution in [3.05, 3.63) is 120 Å². The molecule has 0 saturated carbocycles. The Morgan fingerprint density at radius 3 is 1.41 bits per heavy atom. The average molecular weight is 474 g/mol. The van der Waals surface area contributed by atoms with Crippen molar-refractivity contribution < 1.29 is 4.79 Å². The Morgan fingerprint density at radius 1 is 0.459 bits per heavy atom. The first kappa shape index (κ1) is 20.5. The van der Waals surface area contributed by atoms with Gasteiger partial charge >= 0.3 is 0 Å².